The van der Waals surface area contributed by atoms with E-state index < -0.39 is 0 Å². The second-order valence-electron chi connectivity index (χ2n) is 5.04. The Morgan fingerprint density at radius 1 is 1.14 bits per heavy atom. The SMILES string of the molecule is CC(C)Oc1ccccc1NC(=O)/C=C/c1ccc(Cl)cc1. The summed E-state index contributed by atoms with van der Waals surface area (Å²) in [6, 6.07) is 14.6. The van der Waals surface area contributed by atoms with Crippen molar-refractivity contribution in [2.45, 2.75) is 20.0 Å². The number of benzene rings is 2. The van der Waals surface area contributed by atoms with Crippen molar-refractivity contribution >= 4 is 29.3 Å². The minimum Gasteiger partial charge on any atom is -0.489 e. The Balaban J connectivity index is 2.04. The number of halogens is 1. The van der Waals surface area contributed by atoms with Gasteiger partial charge in [-0.3, -0.25) is 4.79 Å². The second kappa shape index (κ2) is 7.66. The first-order valence-corrected chi connectivity index (χ1v) is 7.42. The summed E-state index contributed by atoms with van der Waals surface area (Å²) in [4.78, 5) is 12.0. The van der Waals surface area contributed by atoms with Gasteiger partial charge in [0.25, 0.3) is 0 Å². The van der Waals surface area contributed by atoms with Crippen LogP contribution in [0.4, 0.5) is 5.69 Å². The number of para-hydroxylation sites is 2. The first kappa shape index (κ1) is 16.1. The Morgan fingerprint density at radius 2 is 1.82 bits per heavy atom. The van der Waals surface area contributed by atoms with Gasteiger partial charge in [0, 0.05) is 11.1 Å². The number of hydrogen-bond donors (Lipinski definition) is 1. The van der Waals surface area contributed by atoms with Crippen molar-refractivity contribution in [1.29, 1.82) is 0 Å². The van der Waals surface area contributed by atoms with Crippen LogP contribution in [0.5, 0.6) is 5.75 Å². The number of hydrogen-bond acceptors (Lipinski definition) is 2. The molecule has 114 valence electrons. The monoisotopic (exact) mass is 315 g/mol. The topological polar surface area (TPSA) is 38.3 Å². The molecule has 0 aliphatic carbocycles. The number of carbonyl (C=O) groups excluding carboxylic acids is 1. The van der Waals surface area contributed by atoms with Crippen LogP contribution in [0.2, 0.25) is 5.02 Å². The lowest BCUT2D eigenvalue weighted by molar-refractivity contribution is -0.111. The van der Waals surface area contributed by atoms with E-state index in [1.165, 1.54) is 6.08 Å². The van der Waals surface area contributed by atoms with E-state index in [0.717, 1.165) is 5.56 Å². The van der Waals surface area contributed by atoms with Gasteiger partial charge in [0.05, 0.1) is 11.8 Å². The summed E-state index contributed by atoms with van der Waals surface area (Å²) in [5.41, 5.74) is 1.56. The number of anilines is 1. The van der Waals surface area contributed by atoms with E-state index in [2.05, 4.69) is 5.32 Å². The van der Waals surface area contributed by atoms with E-state index in [4.69, 9.17) is 16.3 Å². The first-order valence-electron chi connectivity index (χ1n) is 7.05. The summed E-state index contributed by atoms with van der Waals surface area (Å²) in [5.74, 6) is 0.445. The van der Waals surface area contributed by atoms with Crippen molar-refractivity contribution in [3.05, 3.63) is 65.2 Å². The quantitative estimate of drug-likeness (QED) is 0.806. The maximum absolute atomic E-state index is 12.0. The van der Waals surface area contributed by atoms with Crippen molar-refractivity contribution in [2.24, 2.45) is 0 Å². The van der Waals surface area contributed by atoms with Gasteiger partial charge >= 0.3 is 0 Å². The number of nitrogens with one attached hydrogen (secondary N) is 1. The Morgan fingerprint density at radius 3 is 2.50 bits per heavy atom. The summed E-state index contributed by atoms with van der Waals surface area (Å²) in [6.07, 6.45) is 3.26. The average Bonchev–Trinajstić information content (AvgIpc) is 2.48. The van der Waals surface area contributed by atoms with Crippen LogP contribution < -0.4 is 10.1 Å². The van der Waals surface area contributed by atoms with Crippen molar-refractivity contribution in [1.82, 2.24) is 0 Å². The molecule has 4 heteroatoms. The van der Waals surface area contributed by atoms with Gasteiger partial charge in [-0.1, -0.05) is 35.9 Å². The lowest BCUT2D eigenvalue weighted by Crippen LogP contribution is -2.12. The fourth-order valence-corrected chi connectivity index (χ4v) is 1.97. The van der Waals surface area contributed by atoms with Crippen molar-refractivity contribution in [3.8, 4) is 5.75 Å². The fourth-order valence-electron chi connectivity index (χ4n) is 1.85. The van der Waals surface area contributed by atoms with Gasteiger partial charge in [0.15, 0.2) is 0 Å². The summed E-state index contributed by atoms with van der Waals surface area (Å²) in [6.45, 7) is 3.89. The van der Waals surface area contributed by atoms with Crippen molar-refractivity contribution in [2.75, 3.05) is 5.32 Å². The zero-order valence-electron chi connectivity index (χ0n) is 12.5. The van der Waals surface area contributed by atoms with Gasteiger partial charge in [-0.2, -0.15) is 0 Å². The van der Waals surface area contributed by atoms with Gasteiger partial charge in [0.2, 0.25) is 5.91 Å². The van der Waals surface area contributed by atoms with Gasteiger partial charge in [-0.25, -0.2) is 0 Å². The van der Waals surface area contributed by atoms with Crippen LogP contribution in [0.3, 0.4) is 0 Å². The molecule has 1 N–H and O–H groups in total. The molecule has 0 fully saturated rings. The van der Waals surface area contributed by atoms with E-state index >= 15 is 0 Å². The number of rotatable bonds is 5. The summed E-state index contributed by atoms with van der Waals surface area (Å²) >= 11 is 5.82. The first-order chi connectivity index (χ1) is 10.5. The molecule has 2 rings (SSSR count). The molecule has 2 aromatic carbocycles. The van der Waals surface area contributed by atoms with E-state index in [1.54, 1.807) is 18.2 Å². The van der Waals surface area contributed by atoms with Crippen LogP contribution >= 0.6 is 11.6 Å². The number of amides is 1. The molecule has 0 bridgehead atoms. The molecule has 2 aromatic rings. The highest BCUT2D eigenvalue weighted by Gasteiger charge is 2.06. The molecular formula is C18H18ClNO2. The van der Waals surface area contributed by atoms with E-state index in [0.29, 0.717) is 16.5 Å². The lowest BCUT2D eigenvalue weighted by atomic mass is 10.2. The molecule has 22 heavy (non-hydrogen) atoms. The Bertz CT molecular complexity index is 663. The second-order valence-corrected chi connectivity index (χ2v) is 5.47. The molecule has 1 amide bonds. The Labute approximate surface area is 135 Å². The van der Waals surface area contributed by atoms with Crippen LogP contribution in [0, 0.1) is 0 Å². The normalized spacial score (nSPS) is 10.9. The third-order valence-corrected chi connectivity index (χ3v) is 3.06. The maximum Gasteiger partial charge on any atom is 0.248 e. The fraction of sp³-hybridized carbons (Fsp3) is 0.167. The molecule has 0 aliphatic heterocycles. The zero-order chi connectivity index (χ0) is 15.9. The number of ether oxygens (including phenoxy) is 1. The molecule has 0 atom stereocenters. The number of carbonyl (C=O) groups is 1. The molecular weight excluding hydrogens is 298 g/mol. The molecule has 0 saturated heterocycles. The lowest BCUT2D eigenvalue weighted by Gasteiger charge is -2.14. The van der Waals surface area contributed by atoms with Crippen molar-refractivity contribution in [3.63, 3.8) is 0 Å². The molecule has 0 unspecified atom stereocenters. The highest BCUT2D eigenvalue weighted by atomic mass is 35.5. The minimum absolute atomic E-state index is 0.0441. The molecule has 0 radical (unpaired) electrons. The summed E-state index contributed by atoms with van der Waals surface area (Å²) in [5, 5.41) is 3.49. The van der Waals surface area contributed by atoms with Gasteiger partial charge in [-0.05, 0) is 49.8 Å². The third-order valence-electron chi connectivity index (χ3n) is 2.80. The largest absolute Gasteiger partial charge is 0.489 e. The Kier molecular flexibility index (Phi) is 5.61. The molecule has 0 spiro atoms. The highest BCUT2D eigenvalue weighted by molar-refractivity contribution is 6.30. The average molecular weight is 316 g/mol. The highest BCUT2D eigenvalue weighted by Crippen LogP contribution is 2.24. The van der Waals surface area contributed by atoms with Gasteiger partial charge in [-0.15, -0.1) is 0 Å². The molecule has 0 saturated carbocycles. The van der Waals surface area contributed by atoms with E-state index in [-0.39, 0.29) is 12.0 Å². The molecule has 0 aliphatic rings. The van der Waals surface area contributed by atoms with Gasteiger partial charge < -0.3 is 10.1 Å². The van der Waals surface area contributed by atoms with E-state index in [1.807, 2.05) is 50.2 Å². The summed E-state index contributed by atoms with van der Waals surface area (Å²) < 4.78 is 5.67. The maximum atomic E-state index is 12.0. The standard InChI is InChI=1S/C18H18ClNO2/c1-13(2)22-17-6-4-3-5-16(17)20-18(21)12-9-14-7-10-15(19)11-8-14/h3-13H,1-2H3,(H,20,21)/b12-9+. The zero-order valence-corrected chi connectivity index (χ0v) is 13.3. The van der Waals surface area contributed by atoms with Crippen molar-refractivity contribution < 1.29 is 9.53 Å². The van der Waals surface area contributed by atoms with Crippen LogP contribution in [-0.4, -0.2) is 12.0 Å². The third kappa shape index (κ3) is 4.93. The Hall–Kier alpha value is -2.26. The van der Waals surface area contributed by atoms with Gasteiger partial charge in [0.1, 0.15) is 5.75 Å². The summed E-state index contributed by atoms with van der Waals surface area (Å²) in [7, 11) is 0. The van der Waals surface area contributed by atoms with Crippen LogP contribution in [0.25, 0.3) is 6.08 Å². The molecule has 0 aromatic heterocycles. The van der Waals surface area contributed by atoms with E-state index in [9.17, 15) is 4.79 Å². The smallest absolute Gasteiger partial charge is 0.248 e. The predicted octanol–water partition coefficient (Wildman–Crippen LogP) is 4.78. The minimum atomic E-state index is -0.213. The van der Waals surface area contributed by atoms with Crippen LogP contribution in [0.15, 0.2) is 54.6 Å². The molecule has 3 nitrogen and oxygen atoms in total. The van der Waals surface area contributed by atoms with Crippen LogP contribution in [-0.2, 0) is 4.79 Å². The predicted molar refractivity (Wildman–Crippen MR) is 91.3 cm³/mol. The van der Waals surface area contributed by atoms with Crippen LogP contribution in [0.1, 0.15) is 19.4 Å². The molecule has 0 heterocycles.